The zero-order valence-corrected chi connectivity index (χ0v) is 9.55. The van der Waals surface area contributed by atoms with Gasteiger partial charge < -0.3 is 14.7 Å². The van der Waals surface area contributed by atoms with Crippen LogP contribution in [0.4, 0.5) is 11.4 Å². The fourth-order valence-corrected chi connectivity index (χ4v) is 1.98. The number of hydrogen-bond acceptors (Lipinski definition) is 3. The monoisotopic (exact) mass is 227 g/mol. The van der Waals surface area contributed by atoms with Crippen molar-refractivity contribution in [3.8, 4) is 11.5 Å². The lowest BCUT2D eigenvalue weighted by Crippen LogP contribution is -2.15. The van der Waals surface area contributed by atoms with E-state index in [1.54, 1.807) is 12.1 Å². The quantitative estimate of drug-likeness (QED) is 0.812. The predicted octanol–water partition coefficient (Wildman–Crippen LogP) is 3.19. The highest BCUT2D eigenvalue weighted by atomic mass is 16.5. The number of benzene rings is 2. The minimum atomic E-state index is 0.231. The van der Waals surface area contributed by atoms with E-state index in [-0.39, 0.29) is 5.75 Å². The third kappa shape index (κ3) is 1.69. The van der Waals surface area contributed by atoms with Crippen molar-refractivity contribution in [2.75, 3.05) is 11.6 Å². The number of phenols is 1. The number of aromatic hydroxyl groups is 1. The fourth-order valence-electron chi connectivity index (χ4n) is 1.98. The Morgan fingerprint density at radius 3 is 2.65 bits per heavy atom. The molecule has 17 heavy (non-hydrogen) atoms. The van der Waals surface area contributed by atoms with Crippen LogP contribution in [-0.4, -0.2) is 11.8 Å². The van der Waals surface area contributed by atoms with E-state index in [2.05, 4.69) is 36.1 Å². The Bertz CT molecular complexity index is 549. The van der Waals surface area contributed by atoms with Crippen molar-refractivity contribution in [2.24, 2.45) is 0 Å². The number of phenolic OH excluding ortho intramolecular Hbond substituents is 1. The molecular formula is C14H13NO2. The molecule has 1 aliphatic heterocycles. The van der Waals surface area contributed by atoms with Gasteiger partial charge in [0.2, 0.25) is 0 Å². The molecule has 1 heterocycles. The summed E-state index contributed by atoms with van der Waals surface area (Å²) in [7, 11) is 0. The van der Waals surface area contributed by atoms with Gasteiger partial charge in [0.15, 0.2) is 6.73 Å². The number of rotatable bonds is 1. The van der Waals surface area contributed by atoms with Gasteiger partial charge >= 0.3 is 0 Å². The average Bonchev–Trinajstić information content (AvgIpc) is 2.73. The lowest BCUT2D eigenvalue weighted by molar-refractivity contribution is 0.355. The Hall–Kier alpha value is -2.16. The SMILES string of the molecule is Cc1ccc(N2COc3cc(O)ccc32)cc1. The van der Waals surface area contributed by atoms with Crippen LogP contribution in [0.25, 0.3) is 0 Å². The molecule has 0 atom stereocenters. The Kier molecular flexibility index (Phi) is 2.18. The summed E-state index contributed by atoms with van der Waals surface area (Å²) in [6, 6.07) is 13.5. The summed E-state index contributed by atoms with van der Waals surface area (Å²) in [5.41, 5.74) is 3.33. The van der Waals surface area contributed by atoms with E-state index in [0.29, 0.717) is 6.73 Å². The molecule has 0 bridgehead atoms. The van der Waals surface area contributed by atoms with Gasteiger partial charge in [-0.2, -0.15) is 0 Å². The minimum absolute atomic E-state index is 0.231. The second-order valence-electron chi connectivity index (χ2n) is 4.19. The minimum Gasteiger partial charge on any atom is -0.508 e. The van der Waals surface area contributed by atoms with E-state index in [9.17, 15) is 5.11 Å². The molecule has 0 amide bonds. The molecule has 3 nitrogen and oxygen atoms in total. The van der Waals surface area contributed by atoms with E-state index in [1.807, 2.05) is 6.07 Å². The van der Waals surface area contributed by atoms with E-state index >= 15 is 0 Å². The molecule has 0 spiro atoms. The lowest BCUT2D eigenvalue weighted by Gasteiger charge is -2.16. The third-order valence-corrected chi connectivity index (χ3v) is 2.93. The molecule has 3 rings (SSSR count). The van der Waals surface area contributed by atoms with Crippen LogP contribution in [0.3, 0.4) is 0 Å². The molecule has 1 aliphatic rings. The fraction of sp³-hybridized carbons (Fsp3) is 0.143. The molecule has 3 heteroatoms. The topological polar surface area (TPSA) is 32.7 Å². The van der Waals surface area contributed by atoms with Crippen LogP contribution in [0.1, 0.15) is 5.56 Å². The van der Waals surface area contributed by atoms with Gasteiger partial charge in [-0.15, -0.1) is 0 Å². The van der Waals surface area contributed by atoms with Gasteiger partial charge in [-0.05, 0) is 31.2 Å². The molecule has 0 saturated heterocycles. The molecule has 0 fully saturated rings. The molecule has 0 aliphatic carbocycles. The zero-order valence-electron chi connectivity index (χ0n) is 9.55. The van der Waals surface area contributed by atoms with Crippen LogP contribution in [0.15, 0.2) is 42.5 Å². The number of anilines is 2. The number of ether oxygens (including phenoxy) is 1. The molecule has 0 radical (unpaired) electrons. The Morgan fingerprint density at radius 2 is 1.88 bits per heavy atom. The highest BCUT2D eigenvalue weighted by Gasteiger charge is 2.21. The van der Waals surface area contributed by atoms with Crippen LogP contribution < -0.4 is 9.64 Å². The van der Waals surface area contributed by atoms with Gasteiger partial charge in [0.1, 0.15) is 11.5 Å². The molecular weight excluding hydrogens is 214 g/mol. The van der Waals surface area contributed by atoms with Crippen LogP contribution >= 0.6 is 0 Å². The van der Waals surface area contributed by atoms with E-state index in [0.717, 1.165) is 17.1 Å². The summed E-state index contributed by atoms with van der Waals surface area (Å²) in [4.78, 5) is 2.08. The van der Waals surface area contributed by atoms with E-state index in [1.165, 1.54) is 5.56 Å². The molecule has 86 valence electrons. The summed E-state index contributed by atoms with van der Waals surface area (Å²) >= 11 is 0. The second-order valence-corrected chi connectivity index (χ2v) is 4.19. The maximum absolute atomic E-state index is 9.39. The standard InChI is InChI=1S/C14H13NO2/c1-10-2-4-11(5-3-10)15-9-17-14-8-12(16)6-7-13(14)15/h2-8,16H,9H2,1H3. The normalized spacial score (nSPS) is 13.4. The van der Waals surface area contributed by atoms with Crippen LogP contribution in [-0.2, 0) is 0 Å². The van der Waals surface area contributed by atoms with Gasteiger partial charge in [0.25, 0.3) is 0 Å². The van der Waals surface area contributed by atoms with Crippen molar-refractivity contribution in [2.45, 2.75) is 6.92 Å². The Morgan fingerprint density at radius 1 is 1.12 bits per heavy atom. The number of fused-ring (bicyclic) bond motifs is 1. The molecule has 0 aromatic heterocycles. The van der Waals surface area contributed by atoms with Crippen LogP contribution in [0, 0.1) is 6.92 Å². The maximum Gasteiger partial charge on any atom is 0.165 e. The van der Waals surface area contributed by atoms with Crippen molar-refractivity contribution in [1.29, 1.82) is 0 Å². The first kappa shape index (κ1) is 10.0. The molecule has 2 aromatic rings. The van der Waals surface area contributed by atoms with Crippen molar-refractivity contribution < 1.29 is 9.84 Å². The Labute approximate surface area is 99.9 Å². The zero-order chi connectivity index (χ0) is 11.8. The first-order valence-corrected chi connectivity index (χ1v) is 5.54. The van der Waals surface area contributed by atoms with Gasteiger partial charge in [-0.25, -0.2) is 0 Å². The largest absolute Gasteiger partial charge is 0.508 e. The van der Waals surface area contributed by atoms with Crippen molar-refractivity contribution in [3.05, 3.63) is 48.0 Å². The smallest absolute Gasteiger partial charge is 0.165 e. The first-order chi connectivity index (χ1) is 8.24. The highest BCUT2D eigenvalue weighted by Crippen LogP contribution is 2.40. The highest BCUT2D eigenvalue weighted by molar-refractivity contribution is 5.72. The van der Waals surface area contributed by atoms with Gasteiger partial charge in [-0.3, -0.25) is 0 Å². The van der Waals surface area contributed by atoms with Gasteiger partial charge in [-0.1, -0.05) is 17.7 Å². The van der Waals surface area contributed by atoms with Crippen molar-refractivity contribution in [3.63, 3.8) is 0 Å². The molecule has 0 unspecified atom stereocenters. The summed E-state index contributed by atoms with van der Waals surface area (Å²) in [6.07, 6.45) is 0. The lowest BCUT2D eigenvalue weighted by atomic mass is 10.2. The van der Waals surface area contributed by atoms with Gasteiger partial charge in [0, 0.05) is 11.8 Å². The first-order valence-electron chi connectivity index (χ1n) is 5.54. The summed E-state index contributed by atoms with van der Waals surface area (Å²) in [6.45, 7) is 2.55. The van der Waals surface area contributed by atoms with Crippen molar-refractivity contribution in [1.82, 2.24) is 0 Å². The van der Waals surface area contributed by atoms with Crippen molar-refractivity contribution >= 4 is 11.4 Å². The van der Waals surface area contributed by atoms with Gasteiger partial charge in [0.05, 0.1) is 5.69 Å². The number of nitrogens with zero attached hydrogens (tertiary/aromatic N) is 1. The Balaban J connectivity index is 2.01. The van der Waals surface area contributed by atoms with E-state index < -0.39 is 0 Å². The number of hydrogen-bond donors (Lipinski definition) is 1. The molecule has 2 aromatic carbocycles. The molecule has 0 saturated carbocycles. The number of aryl methyl sites for hydroxylation is 1. The predicted molar refractivity (Wildman–Crippen MR) is 66.9 cm³/mol. The summed E-state index contributed by atoms with van der Waals surface area (Å²) in [5, 5.41) is 9.39. The van der Waals surface area contributed by atoms with Crippen LogP contribution in [0.2, 0.25) is 0 Å². The maximum atomic E-state index is 9.39. The summed E-state index contributed by atoms with van der Waals surface area (Å²) < 4.78 is 5.54. The average molecular weight is 227 g/mol. The third-order valence-electron chi connectivity index (χ3n) is 2.93. The van der Waals surface area contributed by atoms with E-state index in [4.69, 9.17) is 4.74 Å². The second kappa shape index (κ2) is 3.70. The van der Waals surface area contributed by atoms with Crippen LogP contribution in [0.5, 0.6) is 11.5 Å². The summed E-state index contributed by atoms with van der Waals surface area (Å²) in [5.74, 6) is 0.958. The molecule has 1 N–H and O–H groups in total.